The van der Waals surface area contributed by atoms with Crippen LogP contribution in [0.2, 0.25) is 0 Å². The number of carbonyl (C=O) groups is 2. The maximum atomic E-state index is 11.8. The lowest BCUT2D eigenvalue weighted by Crippen LogP contribution is -2.44. The molecular formula is C11H20ClNO3. The summed E-state index contributed by atoms with van der Waals surface area (Å²) in [5, 5.41) is 2.80. The van der Waals surface area contributed by atoms with Crippen LogP contribution in [0.15, 0.2) is 0 Å². The van der Waals surface area contributed by atoms with Crippen LogP contribution in [-0.4, -0.2) is 30.9 Å². The van der Waals surface area contributed by atoms with Crippen LogP contribution in [-0.2, 0) is 14.3 Å². The number of ether oxygens (including phenoxy) is 1. The zero-order chi connectivity index (χ0) is 12.8. The average molecular weight is 250 g/mol. The number of hydrogen-bond donors (Lipinski definition) is 1. The smallest absolute Gasteiger partial charge is 0.307 e. The van der Waals surface area contributed by atoms with E-state index in [-0.39, 0.29) is 30.2 Å². The minimum absolute atomic E-state index is 0.141. The van der Waals surface area contributed by atoms with Gasteiger partial charge in [0.2, 0.25) is 5.91 Å². The van der Waals surface area contributed by atoms with E-state index in [1.807, 2.05) is 6.92 Å². The predicted octanol–water partition coefficient (Wildman–Crippen LogP) is 1.71. The number of esters is 1. The van der Waals surface area contributed by atoms with Crippen LogP contribution in [0.1, 0.15) is 33.6 Å². The molecule has 0 saturated carbocycles. The summed E-state index contributed by atoms with van der Waals surface area (Å²) in [7, 11) is 1.33. The van der Waals surface area contributed by atoms with Crippen LogP contribution in [0.25, 0.3) is 0 Å². The molecule has 4 nitrogen and oxygen atoms in total. The van der Waals surface area contributed by atoms with E-state index in [9.17, 15) is 9.59 Å². The van der Waals surface area contributed by atoms with Crippen molar-refractivity contribution in [2.75, 3.05) is 13.0 Å². The molecule has 1 amide bonds. The second kappa shape index (κ2) is 6.74. The van der Waals surface area contributed by atoms with Crippen molar-refractivity contribution in [3.63, 3.8) is 0 Å². The number of halogens is 1. The third-order valence-corrected chi connectivity index (χ3v) is 3.09. The Kier molecular flexibility index (Phi) is 6.41. The van der Waals surface area contributed by atoms with Crippen molar-refractivity contribution < 1.29 is 14.3 Å². The highest BCUT2D eigenvalue weighted by Crippen LogP contribution is 2.17. The fourth-order valence-corrected chi connectivity index (χ4v) is 1.14. The van der Waals surface area contributed by atoms with Crippen molar-refractivity contribution in [1.29, 1.82) is 0 Å². The van der Waals surface area contributed by atoms with Crippen LogP contribution in [0.4, 0.5) is 0 Å². The van der Waals surface area contributed by atoms with Gasteiger partial charge in [0.05, 0.1) is 18.9 Å². The van der Waals surface area contributed by atoms with Gasteiger partial charge in [0.1, 0.15) is 0 Å². The van der Waals surface area contributed by atoms with Gasteiger partial charge in [-0.2, -0.15) is 0 Å². The van der Waals surface area contributed by atoms with Gasteiger partial charge in [-0.1, -0.05) is 6.92 Å². The summed E-state index contributed by atoms with van der Waals surface area (Å²) in [6.07, 6.45) is 0.871. The Morgan fingerprint density at radius 1 is 1.44 bits per heavy atom. The summed E-state index contributed by atoms with van der Waals surface area (Å²) in [6.45, 7) is 5.43. The van der Waals surface area contributed by atoms with Gasteiger partial charge < -0.3 is 10.1 Å². The molecule has 16 heavy (non-hydrogen) atoms. The Hall–Kier alpha value is -0.770. The first-order chi connectivity index (χ1) is 7.37. The second-order valence-electron chi connectivity index (χ2n) is 4.38. The highest BCUT2D eigenvalue weighted by atomic mass is 35.5. The lowest BCUT2D eigenvalue weighted by Gasteiger charge is -2.24. The minimum Gasteiger partial charge on any atom is -0.469 e. The molecule has 94 valence electrons. The van der Waals surface area contributed by atoms with E-state index in [0.717, 1.165) is 0 Å². The van der Waals surface area contributed by atoms with Gasteiger partial charge in [-0.3, -0.25) is 9.59 Å². The zero-order valence-electron chi connectivity index (χ0n) is 10.3. The van der Waals surface area contributed by atoms with Gasteiger partial charge in [-0.25, -0.2) is 0 Å². The maximum absolute atomic E-state index is 11.8. The first kappa shape index (κ1) is 15.2. The van der Waals surface area contributed by atoms with Crippen molar-refractivity contribution in [3.8, 4) is 0 Å². The SMILES string of the molecule is CCC(CC(=O)OC)NC(=O)C(C)(C)CCl. The van der Waals surface area contributed by atoms with Crippen LogP contribution >= 0.6 is 11.6 Å². The number of alkyl halides is 1. The average Bonchev–Trinajstić information content (AvgIpc) is 2.27. The highest BCUT2D eigenvalue weighted by Gasteiger charge is 2.28. The van der Waals surface area contributed by atoms with Crippen LogP contribution in [0.5, 0.6) is 0 Å². The number of rotatable bonds is 6. The normalized spacial score (nSPS) is 13.1. The monoisotopic (exact) mass is 249 g/mol. The number of nitrogens with one attached hydrogen (secondary N) is 1. The van der Waals surface area contributed by atoms with Gasteiger partial charge in [-0.05, 0) is 20.3 Å². The molecule has 0 fully saturated rings. The molecule has 5 heteroatoms. The lowest BCUT2D eigenvalue weighted by atomic mass is 9.94. The molecule has 0 aromatic carbocycles. The molecule has 0 rings (SSSR count). The van der Waals surface area contributed by atoms with Gasteiger partial charge in [0, 0.05) is 11.9 Å². The summed E-state index contributed by atoms with van der Waals surface area (Å²) in [6, 6.07) is -0.192. The molecule has 0 aliphatic carbocycles. The molecule has 1 unspecified atom stereocenters. The van der Waals surface area contributed by atoms with E-state index in [4.69, 9.17) is 11.6 Å². The second-order valence-corrected chi connectivity index (χ2v) is 4.64. The van der Waals surface area contributed by atoms with Crippen molar-refractivity contribution in [3.05, 3.63) is 0 Å². The zero-order valence-corrected chi connectivity index (χ0v) is 11.1. The van der Waals surface area contributed by atoms with Crippen LogP contribution in [0, 0.1) is 5.41 Å². The quantitative estimate of drug-likeness (QED) is 0.576. The third kappa shape index (κ3) is 4.84. The topological polar surface area (TPSA) is 55.4 Å². The molecule has 0 saturated heterocycles. The summed E-state index contributed by atoms with van der Waals surface area (Å²) in [5.41, 5.74) is -0.620. The Morgan fingerprint density at radius 3 is 2.38 bits per heavy atom. The van der Waals surface area contributed by atoms with E-state index >= 15 is 0 Å². The lowest BCUT2D eigenvalue weighted by molar-refractivity contribution is -0.141. The third-order valence-electron chi connectivity index (χ3n) is 2.42. The molecule has 1 N–H and O–H groups in total. The molecule has 0 radical (unpaired) electrons. The first-order valence-electron chi connectivity index (χ1n) is 5.31. The molecule has 1 atom stereocenters. The van der Waals surface area contributed by atoms with E-state index in [2.05, 4.69) is 10.1 Å². The molecule has 0 aromatic heterocycles. The number of hydrogen-bond acceptors (Lipinski definition) is 3. The van der Waals surface area contributed by atoms with E-state index in [1.165, 1.54) is 7.11 Å². The van der Waals surface area contributed by atoms with Crippen molar-refractivity contribution in [2.24, 2.45) is 5.41 Å². The van der Waals surface area contributed by atoms with Gasteiger partial charge in [0.15, 0.2) is 0 Å². The van der Waals surface area contributed by atoms with E-state index in [0.29, 0.717) is 6.42 Å². The highest BCUT2D eigenvalue weighted by molar-refractivity contribution is 6.19. The number of methoxy groups -OCH3 is 1. The van der Waals surface area contributed by atoms with Gasteiger partial charge in [0.25, 0.3) is 0 Å². The number of amides is 1. The molecule has 0 heterocycles. The standard InChI is InChI=1S/C11H20ClNO3/c1-5-8(6-9(14)16-4)13-10(15)11(2,3)7-12/h8H,5-7H2,1-4H3,(H,13,15). The Bertz CT molecular complexity index is 254. The van der Waals surface area contributed by atoms with E-state index < -0.39 is 5.41 Å². The fourth-order valence-electron chi connectivity index (χ4n) is 1.02. The molecule has 0 aromatic rings. The Morgan fingerprint density at radius 2 is 2.00 bits per heavy atom. The van der Waals surface area contributed by atoms with Crippen molar-refractivity contribution in [2.45, 2.75) is 39.7 Å². The summed E-state index contributed by atoms with van der Waals surface area (Å²) >= 11 is 5.70. The molecule has 0 spiro atoms. The summed E-state index contributed by atoms with van der Waals surface area (Å²) < 4.78 is 4.56. The van der Waals surface area contributed by atoms with Crippen LogP contribution in [0.3, 0.4) is 0 Å². The fraction of sp³-hybridized carbons (Fsp3) is 0.818. The maximum Gasteiger partial charge on any atom is 0.307 e. The van der Waals surface area contributed by atoms with Gasteiger partial charge in [-0.15, -0.1) is 11.6 Å². The molecule has 0 aliphatic rings. The minimum atomic E-state index is -0.620. The molecule has 0 bridgehead atoms. The Balaban J connectivity index is 4.33. The number of carbonyl (C=O) groups excluding carboxylic acids is 2. The summed E-state index contributed by atoms with van der Waals surface area (Å²) in [5.74, 6) is -0.220. The summed E-state index contributed by atoms with van der Waals surface area (Å²) in [4.78, 5) is 22.9. The first-order valence-corrected chi connectivity index (χ1v) is 5.84. The molecule has 0 aliphatic heterocycles. The van der Waals surface area contributed by atoms with Crippen molar-refractivity contribution >= 4 is 23.5 Å². The largest absolute Gasteiger partial charge is 0.469 e. The predicted molar refractivity (Wildman–Crippen MR) is 63.4 cm³/mol. The van der Waals surface area contributed by atoms with Crippen molar-refractivity contribution in [1.82, 2.24) is 5.32 Å². The van der Waals surface area contributed by atoms with Crippen LogP contribution < -0.4 is 5.32 Å². The molecular weight excluding hydrogens is 230 g/mol. The van der Waals surface area contributed by atoms with E-state index in [1.54, 1.807) is 13.8 Å². The Labute approximate surface area is 102 Å². The van der Waals surface area contributed by atoms with Gasteiger partial charge >= 0.3 is 5.97 Å².